The fraction of sp³-hybridized carbons (Fsp3) is 0.714. The number of anilines is 1. The second-order valence-corrected chi connectivity index (χ2v) is 5.65. The van der Waals surface area contributed by atoms with Crippen molar-refractivity contribution in [3.63, 3.8) is 0 Å². The summed E-state index contributed by atoms with van der Waals surface area (Å²) in [4.78, 5) is 8.27. The molecule has 1 saturated carbocycles. The number of nitrogens with zero attached hydrogens (tertiary/aromatic N) is 2. The molecular formula is C14H22ClN3. The number of halogens is 1. The van der Waals surface area contributed by atoms with E-state index in [-0.39, 0.29) is 0 Å². The molecule has 1 aromatic heterocycles. The van der Waals surface area contributed by atoms with Gasteiger partial charge in [-0.1, -0.05) is 31.4 Å². The van der Waals surface area contributed by atoms with Crippen molar-refractivity contribution in [2.24, 2.45) is 5.92 Å². The molecule has 3 nitrogen and oxygen atoms in total. The third-order valence-electron chi connectivity index (χ3n) is 3.91. The van der Waals surface area contributed by atoms with Crippen molar-refractivity contribution in [1.29, 1.82) is 0 Å². The lowest BCUT2D eigenvalue weighted by molar-refractivity contribution is 0.318. The summed E-state index contributed by atoms with van der Waals surface area (Å²) >= 11 is 6.00. The summed E-state index contributed by atoms with van der Waals surface area (Å²) in [6, 6.07) is 0.544. The van der Waals surface area contributed by atoms with E-state index in [9.17, 15) is 0 Å². The lowest BCUT2D eigenvalue weighted by Gasteiger charge is -2.29. The van der Waals surface area contributed by atoms with E-state index in [1.54, 1.807) is 0 Å². The Morgan fingerprint density at radius 2 is 2.00 bits per heavy atom. The van der Waals surface area contributed by atoms with Crippen molar-refractivity contribution in [2.75, 3.05) is 5.32 Å². The number of nitrogens with one attached hydrogen (secondary N) is 1. The standard InChI is InChI=1S/C14H22ClN3/c1-3-4-11-5-7-12(8-6-11)18-14-10(2)13(15)16-9-17-14/h9,11-12H,3-8H2,1-2H3,(H,16,17,18). The number of aromatic nitrogens is 2. The molecule has 1 heterocycles. The predicted molar refractivity (Wildman–Crippen MR) is 76.1 cm³/mol. The monoisotopic (exact) mass is 267 g/mol. The van der Waals surface area contributed by atoms with Gasteiger partial charge in [0.15, 0.2) is 0 Å². The molecule has 0 atom stereocenters. The van der Waals surface area contributed by atoms with Gasteiger partial charge in [-0.25, -0.2) is 9.97 Å². The van der Waals surface area contributed by atoms with Crippen molar-refractivity contribution in [2.45, 2.75) is 58.4 Å². The molecule has 1 aliphatic rings. The third kappa shape index (κ3) is 3.35. The Kier molecular flexibility index (Phi) is 4.81. The Labute approximate surface area is 114 Å². The molecule has 4 heteroatoms. The van der Waals surface area contributed by atoms with Crippen molar-refractivity contribution >= 4 is 17.4 Å². The minimum atomic E-state index is 0.544. The minimum Gasteiger partial charge on any atom is -0.367 e. The molecule has 0 aliphatic heterocycles. The van der Waals surface area contributed by atoms with E-state index in [2.05, 4.69) is 22.2 Å². The molecule has 1 aliphatic carbocycles. The largest absolute Gasteiger partial charge is 0.367 e. The van der Waals surface area contributed by atoms with Crippen LogP contribution in [-0.2, 0) is 0 Å². The van der Waals surface area contributed by atoms with Gasteiger partial charge in [0.25, 0.3) is 0 Å². The number of hydrogen-bond acceptors (Lipinski definition) is 3. The Hall–Kier alpha value is -0.830. The van der Waals surface area contributed by atoms with Crippen LogP contribution in [0.3, 0.4) is 0 Å². The summed E-state index contributed by atoms with van der Waals surface area (Å²) in [5, 5.41) is 4.07. The molecule has 0 unspecified atom stereocenters. The Bertz CT molecular complexity index is 387. The van der Waals surface area contributed by atoms with Gasteiger partial charge in [0.1, 0.15) is 17.3 Å². The molecule has 0 bridgehead atoms. The van der Waals surface area contributed by atoms with E-state index < -0.39 is 0 Å². The average Bonchev–Trinajstić information content (AvgIpc) is 2.38. The highest BCUT2D eigenvalue weighted by Gasteiger charge is 2.21. The highest BCUT2D eigenvalue weighted by molar-refractivity contribution is 6.30. The van der Waals surface area contributed by atoms with Crippen LogP contribution in [0.4, 0.5) is 5.82 Å². The predicted octanol–water partition coefficient (Wildman–Crippen LogP) is 4.21. The van der Waals surface area contributed by atoms with Crippen LogP contribution in [-0.4, -0.2) is 16.0 Å². The van der Waals surface area contributed by atoms with Gasteiger partial charge in [-0.15, -0.1) is 0 Å². The highest BCUT2D eigenvalue weighted by Crippen LogP contribution is 2.30. The first kappa shape index (κ1) is 13.6. The van der Waals surface area contributed by atoms with Gasteiger partial charge in [-0.05, 0) is 38.5 Å². The van der Waals surface area contributed by atoms with Gasteiger partial charge in [0.05, 0.1) is 0 Å². The summed E-state index contributed by atoms with van der Waals surface area (Å²) in [5.41, 5.74) is 0.954. The van der Waals surface area contributed by atoms with E-state index in [4.69, 9.17) is 11.6 Å². The zero-order valence-corrected chi connectivity index (χ0v) is 12.0. The van der Waals surface area contributed by atoms with Crippen LogP contribution < -0.4 is 5.32 Å². The molecule has 2 rings (SSSR count). The van der Waals surface area contributed by atoms with Crippen LogP contribution in [0, 0.1) is 12.8 Å². The molecule has 0 aromatic carbocycles. The number of hydrogen-bond donors (Lipinski definition) is 1. The van der Waals surface area contributed by atoms with Crippen LogP contribution in [0.25, 0.3) is 0 Å². The van der Waals surface area contributed by atoms with E-state index in [0.29, 0.717) is 11.2 Å². The fourth-order valence-corrected chi connectivity index (χ4v) is 2.90. The zero-order valence-electron chi connectivity index (χ0n) is 11.2. The van der Waals surface area contributed by atoms with Crippen molar-refractivity contribution in [1.82, 2.24) is 9.97 Å². The average molecular weight is 268 g/mol. The normalized spacial score (nSPS) is 23.9. The highest BCUT2D eigenvalue weighted by atomic mass is 35.5. The van der Waals surface area contributed by atoms with Gasteiger partial charge in [-0.2, -0.15) is 0 Å². The molecule has 1 aromatic rings. The Morgan fingerprint density at radius 1 is 1.28 bits per heavy atom. The lowest BCUT2D eigenvalue weighted by Crippen LogP contribution is -2.27. The van der Waals surface area contributed by atoms with Crippen LogP contribution in [0.5, 0.6) is 0 Å². The number of rotatable bonds is 4. The summed E-state index contributed by atoms with van der Waals surface area (Å²) in [6.45, 7) is 4.24. The molecule has 0 radical (unpaired) electrons. The van der Waals surface area contributed by atoms with Gasteiger partial charge < -0.3 is 5.32 Å². The maximum absolute atomic E-state index is 6.00. The molecule has 100 valence electrons. The Balaban J connectivity index is 1.90. The van der Waals surface area contributed by atoms with Crippen LogP contribution in [0.15, 0.2) is 6.33 Å². The first-order valence-corrected chi connectivity index (χ1v) is 7.32. The van der Waals surface area contributed by atoms with Crippen molar-refractivity contribution in [3.05, 3.63) is 17.0 Å². The molecule has 0 saturated heterocycles. The lowest BCUT2D eigenvalue weighted by atomic mass is 9.83. The first-order chi connectivity index (χ1) is 8.70. The smallest absolute Gasteiger partial charge is 0.137 e. The molecule has 0 amide bonds. The third-order valence-corrected chi connectivity index (χ3v) is 4.29. The molecule has 1 fully saturated rings. The summed E-state index contributed by atoms with van der Waals surface area (Å²) in [7, 11) is 0. The van der Waals surface area contributed by atoms with Gasteiger partial charge in [-0.3, -0.25) is 0 Å². The Morgan fingerprint density at radius 3 is 2.67 bits per heavy atom. The summed E-state index contributed by atoms with van der Waals surface area (Å²) in [6.07, 6.45) is 9.37. The topological polar surface area (TPSA) is 37.8 Å². The summed E-state index contributed by atoms with van der Waals surface area (Å²) < 4.78 is 0. The van der Waals surface area contributed by atoms with Crippen LogP contribution >= 0.6 is 11.6 Å². The van der Waals surface area contributed by atoms with E-state index >= 15 is 0 Å². The van der Waals surface area contributed by atoms with E-state index in [0.717, 1.165) is 17.3 Å². The molecule has 1 N–H and O–H groups in total. The van der Waals surface area contributed by atoms with E-state index in [1.807, 2.05) is 6.92 Å². The quantitative estimate of drug-likeness (QED) is 0.831. The molecular weight excluding hydrogens is 246 g/mol. The second-order valence-electron chi connectivity index (χ2n) is 5.29. The van der Waals surface area contributed by atoms with Crippen molar-refractivity contribution in [3.8, 4) is 0 Å². The maximum Gasteiger partial charge on any atom is 0.137 e. The minimum absolute atomic E-state index is 0.544. The fourth-order valence-electron chi connectivity index (χ4n) is 2.77. The molecule has 0 spiro atoms. The zero-order chi connectivity index (χ0) is 13.0. The van der Waals surface area contributed by atoms with Gasteiger partial charge in [0, 0.05) is 11.6 Å². The SMILES string of the molecule is CCCC1CCC(Nc2ncnc(Cl)c2C)CC1. The van der Waals surface area contributed by atoms with Gasteiger partial charge >= 0.3 is 0 Å². The maximum atomic E-state index is 6.00. The first-order valence-electron chi connectivity index (χ1n) is 6.94. The van der Waals surface area contributed by atoms with Crippen LogP contribution in [0.1, 0.15) is 51.0 Å². The second kappa shape index (κ2) is 6.37. The summed E-state index contributed by atoms with van der Waals surface area (Å²) in [5.74, 6) is 1.83. The van der Waals surface area contributed by atoms with Gasteiger partial charge in [0.2, 0.25) is 0 Å². The van der Waals surface area contributed by atoms with Crippen molar-refractivity contribution < 1.29 is 0 Å². The molecule has 18 heavy (non-hydrogen) atoms. The van der Waals surface area contributed by atoms with Crippen LogP contribution in [0.2, 0.25) is 5.15 Å². The van der Waals surface area contributed by atoms with E-state index in [1.165, 1.54) is 44.9 Å².